The zero-order chi connectivity index (χ0) is 26.4. The van der Waals surface area contributed by atoms with Gasteiger partial charge in [0, 0.05) is 30.6 Å². The van der Waals surface area contributed by atoms with E-state index < -0.39 is 27.4 Å². The highest BCUT2D eigenvalue weighted by molar-refractivity contribution is 7.92. The lowest BCUT2D eigenvalue weighted by molar-refractivity contribution is -0.141. The van der Waals surface area contributed by atoms with Crippen LogP contribution in [0.4, 0.5) is 10.1 Å². The largest absolute Gasteiger partial charge is 0.350 e. The predicted molar refractivity (Wildman–Crippen MR) is 137 cm³/mol. The Morgan fingerprint density at radius 3 is 2.23 bits per heavy atom. The third kappa shape index (κ3) is 8.35. The van der Waals surface area contributed by atoms with E-state index in [9.17, 15) is 22.4 Å². The number of amides is 2. The molecule has 0 aliphatic rings. The summed E-state index contributed by atoms with van der Waals surface area (Å²) in [6.45, 7) is 8.98. The Morgan fingerprint density at radius 2 is 1.66 bits per heavy atom. The van der Waals surface area contributed by atoms with Gasteiger partial charge in [0.2, 0.25) is 21.8 Å². The molecule has 0 bridgehead atoms. The second-order valence-corrected chi connectivity index (χ2v) is 11.7. The molecule has 0 saturated carbocycles. The Morgan fingerprint density at radius 1 is 1.06 bits per heavy atom. The van der Waals surface area contributed by atoms with E-state index in [-0.39, 0.29) is 37.7 Å². The lowest BCUT2D eigenvalue weighted by Crippen LogP contribution is -2.52. The molecule has 1 atom stereocenters. The van der Waals surface area contributed by atoms with E-state index in [0.717, 1.165) is 11.8 Å². The van der Waals surface area contributed by atoms with Crippen LogP contribution in [0.2, 0.25) is 0 Å². The lowest BCUT2D eigenvalue weighted by Gasteiger charge is -2.32. The molecule has 7 nitrogen and oxygen atoms in total. The summed E-state index contributed by atoms with van der Waals surface area (Å²) in [6.07, 6.45) is 1.37. The summed E-state index contributed by atoms with van der Waals surface area (Å²) in [5.41, 5.74) is 1.16. The minimum absolute atomic E-state index is 0.000504. The molecule has 35 heavy (non-hydrogen) atoms. The molecular weight excluding hydrogens is 469 g/mol. The fourth-order valence-electron chi connectivity index (χ4n) is 3.69. The van der Waals surface area contributed by atoms with Gasteiger partial charge in [-0.3, -0.25) is 13.9 Å². The standard InChI is InChI=1S/C26H36FN3O4S/c1-19-12-7-10-15-23(19)30(35(6,33)34)17-11-16-24(31)29(18-21-13-8-9-14-22(21)27)20(2)25(32)28-26(3,4)5/h7-10,12-15,20H,11,16-18H2,1-6H3,(H,28,32)/t20-/m0/s1. The van der Waals surface area contributed by atoms with Crippen molar-refractivity contribution in [2.24, 2.45) is 0 Å². The number of aryl methyl sites for hydroxylation is 1. The van der Waals surface area contributed by atoms with Crippen LogP contribution in [0, 0.1) is 12.7 Å². The SMILES string of the molecule is Cc1ccccc1N(CCCC(=O)N(Cc1ccccc1F)[C@@H](C)C(=O)NC(C)(C)C)S(C)(=O)=O. The van der Waals surface area contributed by atoms with Gasteiger partial charge in [-0.15, -0.1) is 0 Å². The summed E-state index contributed by atoms with van der Waals surface area (Å²) in [7, 11) is -3.57. The summed E-state index contributed by atoms with van der Waals surface area (Å²) in [4.78, 5) is 27.4. The molecule has 0 unspecified atom stereocenters. The zero-order valence-corrected chi connectivity index (χ0v) is 22.2. The average Bonchev–Trinajstić information content (AvgIpc) is 2.74. The van der Waals surface area contributed by atoms with Crippen LogP contribution >= 0.6 is 0 Å². The molecule has 0 fully saturated rings. The summed E-state index contributed by atoms with van der Waals surface area (Å²) < 4.78 is 40.5. The normalized spacial score (nSPS) is 12.7. The summed E-state index contributed by atoms with van der Waals surface area (Å²) in [6, 6.07) is 12.4. The lowest BCUT2D eigenvalue weighted by atomic mass is 10.1. The van der Waals surface area contributed by atoms with Gasteiger partial charge in [-0.2, -0.15) is 0 Å². The molecule has 2 aromatic rings. The van der Waals surface area contributed by atoms with Crippen molar-refractivity contribution in [2.45, 2.75) is 65.6 Å². The van der Waals surface area contributed by atoms with Gasteiger partial charge in [0.05, 0.1) is 11.9 Å². The second kappa shape index (κ2) is 11.7. The van der Waals surface area contributed by atoms with E-state index >= 15 is 0 Å². The van der Waals surface area contributed by atoms with Crippen LogP contribution in [0.1, 0.15) is 51.7 Å². The fourth-order valence-corrected chi connectivity index (χ4v) is 4.72. The number of para-hydroxylation sites is 1. The first-order valence-electron chi connectivity index (χ1n) is 11.6. The van der Waals surface area contributed by atoms with Gasteiger partial charge >= 0.3 is 0 Å². The molecule has 0 saturated heterocycles. The molecule has 0 spiro atoms. The van der Waals surface area contributed by atoms with Gasteiger partial charge in [0.25, 0.3) is 0 Å². The number of rotatable bonds is 10. The van der Waals surface area contributed by atoms with Gasteiger partial charge in [-0.1, -0.05) is 36.4 Å². The minimum Gasteiger partial charge on any atom is -0.350 e. The number of hydrogen-bond donors (Lipinski definition) is 1. The van der Waals surface area contributed by atoms with Crippen molar-refractivity contribution in [3.05, 3.63) is 65.5 Å². The molecule has 2 amide bonds. The third-order valence-corrected chi connectivity index (χ3v) is 6.68. The third-order valence-electron chi connectivity index (χ3n) is 5.50. The van der Waals surface area contributed by atoms with Gasteiger partial charge in [0.15, 0.2) is 0 Å². The second-order valence-electron chi connectivity index (χ2n) is 9.75. The Kier molecular flexibility index (Phi) is 9.43. The van der Waals surface area contributed by atoms with Crippen molar-refractivity contribution in [3.8, 4) is 0 Å². The smallest absolute Gasteiger partial charge is 0.242 e. The van der Waals surface area contributed by atoms with Crippen molar-refractivity contribution in [3.63, 3.8) is 0 Å². The van der Waals surface area contributed by atoms with Crippen LogP contribution in [-0.4, -0.2) is 49.5 Å². The van der Waals surface area contributed by atoms with E-state index in [1.165, 1.54) is 15.3 Å². The molecule has 0 aliphatic carbocycles. The van der Waals surface area contributed by atoms with Crippen LogP contribution in [0.25, 0.3) is 0 Å². The minimum atomic E-state index is -3.57. The number of halogens is 1. The van der Waals surface area contributed by atoms with Gasteiger partial charge in [0.1, 0.15) is 11.9 Å². The number of nitrogens with zero attached hydrogens (tertiary/aromatic N) is 2. The predicted octanol–water partition coefficient (Wildman–Crippen LogP) is 4.01. The maximum absolute atomic E-state index is 14.4. The van der Waals surface area contributed by atoms with Crippen molar-refractivity contribution in [1.82, 2.24) is 10.2 Å². The first-order valence-corrected chi connectivity index (χ1v) is 13.4. The molecule has 2 rings (SSSR count). The number of carbonyl (C=O) groups is 2. The molecule has 0 heterocycles. The first-order chi connectivity index (χ1) is 16.2. The molecule has 0 aliphatic heterocycles. The van der Waals surface area contributed by atoms with E-state index in [0.29, 0.717) is 11.3 Å². The number of benzene rings is 2. The summed E-state index contributed by atoms with van der Waals surface area (Å²) in [5, 5.41) is 2.86. The number of carbonyl (C=O) groups excluding carboxylic acids is 2. The van der Waals surface area contributed by atoms with Crippen LogP contribution < -0.4 is 9.62 Å². The zero-order valence-electron chi connectivity index (χ0n) is 21.3. The van der Waals surface area contributed by atoms with Crippen molar-refractivity contribution in [2.75, 3.05) is 17.1 Å². The Bertz CT molecular complexity index is 1150. The molecule has 0 aromatic heterocycles. The number of nitrogens with one attached hydrogen (secondary N) is 1. The molecule has 192 valence electrons. The highest BCUT2D eigenvalue weighted by atomic mass is 32.2. The van der Waals surface area contributed by atoms with Crippen molar-refractivity contribution in [1.29, 1.82) is 0 Å². The van der Waals surface area contributed by atoms with Gasteiger partial charge in [-0.25, -0.2) is 12.8 Å². The molecule has 2 aromatic carbocycles. The number of hydrogen-bond acceptors (Lipinski definition) is 4. The highest BCUT2D eigenvalue weighted by Crippen LogP contribution is 2.23. The highest BCUT2D eigenvalue weighted by Gasteiger charge is 2.29. The quantitative estimate of drug-likeness (QED) is 0.529. The monoisotopic (exact) mass is 505 g/mol. The molecule has 0 radical (unpaired) electrons. The van der Waals surface area contributed by atoms with Crippen molar-refractivity contribution >= 4 is 27.5 Å². The summed E-state index contributed by atoms with van der Waals surface area (Å²) in [5.74, 6) is -1.17. The first kappa shape index (κ1) is 28.3. The van der Waals surface area contributed by atoms with E-state index in [1.54, 1.807) is 37.3 Å². The van der Waals surface area contributed by atoms with E-state index in [4.69, 9.17) is 0 Å². The van der Waals surface area contributed by atoms with Gasteiger partial charge < -0.3 is 10.2 Å². The molecular formula is C26H36FN3O4S. The van der Waals surface area contributed by atoms with E-state index in [2.05, 4.69) is 5.32 Å². The topological polar surface area (TPSA) is 86.8 Å². The molecule has 1 N–H and O–H groups in total. The van der Waals surface area contributed by atoms with Crippen molar-refractivity contribution < 1.29 is 22.4 Å². The maximum Gasteiger partial charge on any atom is 0.242 e. The Balaban J connectivity index is 2.21. The fraction of sp³-hybridized carbons (Fsp3) is 0.462. The Labute approximate surface area is 208 Å². The van der Waals surface area contributed by atoms with E-state index in [1.807, 2.05) is 39.8 Å². The Hall–Kier alpha value is -2.94. The number of anilines is 1. The van der Waals surface area contributed by atoms with Crippen LogP contribution in [0.3, 0.4) is 0 Å². The molecule has 9 heteroatoms. The maximum atomic E-state index is 14.4. The van der Waals surface area contributed by atoms with Crippen LogP contribution in [0.15, 0.2) is 48.5 Å². The van der Waals surface area contributed by atoms with Crippen LogP contribution in [0.5, 0.6) is 0 Å². The van der Waals surface area contributed by atoms with Crippen LogP contribution in [-0.2, 0) is 26.2 Å². The summed E-state index contributed by atoms with van der Waals surface area (Å²) >= 11 is 0. The average molecular weight is 506 g/mol. The number of sulfonamides is 1. The van der Waals surface area contributed by atoms with Gasteiger partial charge in [-0.05, 0) is 58.7 Å².